The van der Waals surface area contributed by atoms with Gasteiger partial charge in [0.15, 0.2) is 4.80 Å². The molecule has 1 atom stereocenters. The van der Waals surface area contributed by atoms with Crippen LogP contribution in [0.2, 0.25) is 0 Å². The zero-order valence-corrected chi connectivity index (χ0v) is 19.1. The molecule has 0 N–H and O–H groups in total. The standard InChI is InChI=1S/C23H22N2O4S2/c1-4-11-29-16-9-7-15(8-10-16)20-19(22(27)28-3)14(2)24-23-25(20)21(26)18(31-23)13-17-6-5-12-30-17/h5-10,12-13,20H,4,11H2,1-3H3. The number of thiophene rings is 1. The van der Waals surface area contributed by atoms with Crippen LogP contribution in [0.4, 0.5) is 0 Å². The molecule has 8 heteroatoms. The number of thiazole rings is 1. The van der Waals surface area contributed by atoms with Crippen LogP contribution < -0.4 is 19.6 Å². The fraction of sp³-hybridized carbons (Fsp3) is 0.261. The maximum atomic E-state index is 13.4. The van der Waals surface area contributed by atoms with E-state index in [-0.39, 0.29) is 5.56 Å². The Morgan fingerprint density at radius 3 is 2.68 bits per heavy atom. The Labute approximate surface area is 187 Å². The minimum atomic E-state index is -0.616. The Bertz CT molecular complexity index is 1300. The molecule has 31 heavy (non-hydrogen) atoms. The second kappa shape index (κ2) is 9.03. The van der Waals surface area contributed by atoms with Gasteiger partial charge in [-0.15, -0.1) is 11.3 Å². The smallest absolute Gasteiger partial charge is 0.338 e. The van der Waals surface area contributed by atoms with Crippen molar-refractivity contribution in [3.8, 4) is 5.75 Å². The third kappa shape index (κ3) is 4.13. The van der Waals surface area contributed by atoms with Gasteiger partial charge in [-0.3, -0.25) is 9.36 Å². The summed E-state index contributed by atoms with van der Waals surface area (Å²) in [5.41, 5.74) is 1.52. The number of carbonyl (C=O) groups excluding carboxylic acids is 1. The number of carbonyl (C=O) groups is 1. The highest BCUT2D eigenvalue weighted by Gasteiger charge is 2.33. The van der Waals surface area contributed by atoms with E-state index in [1.807, 2.05) is 54.8 Å². The summed E-state index contributed by atoms with van der Waals surface area (Å²) in [6, 6.07) is 10.8. The number of ether oxygens (including phenoxy) is 2. The Balaban J connectivity index is 1.88. The summed E-state index contributed by atoms with van der Waals surface area (Å²) in [5, 5.41) is 1.97. The van der Waals surface area contributed by atoms with Gasteiger partial charge in [-0.25, -0.2) is 9.79 Å². The zero-order chi connectivity index (χ0) is 22.0. The predicted molar refractivity (Wildman–Crippen MR) is 122 cm³/mol. The van der Waals surface area contributed by atoms with Gasteiger partial charge < -0.3 is 9.47 Å². The first-order valence-corrected chi connectivity index (χ1v) is 11.6. The first-order valence-electron chi connectivity index (χ1n) is 9.90. The van der Waals surface area contributed by atoms with E-state index < -0.39 is 12.0 Å². The third-order valence-corrected chi connectivity index (χ3v) is 6.71. The lowest BCUT2D eigenvalue weighted by molar-refractivity contribution is -0.136. The maximum absolute atomic E-state index is 13.4. The second-order valence-electron chi connectivity index (χ2n) is 7.01. The van der Waals surface area contributed by atoms with Crippen LogP contribution in [0.3, 0.4) is 0 Å². The van der Waals surface area contributed by atoms with Crippen LogP contribution in [-0.2, 0) is 9.53 Å². The van der Waals surface area contributed by atoms with Crippen LogP contribution >= 0.6 is 22.7 Å². The van der Waals surface area contributed by atoms with Crippen molar-refractivity contribution in [3.63, 3.8) is 0 Å². The fourth-order valence-corrected chi connectivity index (χ4v) is 5.25. The number of hydrogen-bond acceptors (Lipinski definition) is 7. The van der Waals surface area contributed by atoms with Crippen molar-refractivity contribution in [1.82, 2.24) is 4.57 Å². The minimum Gasteiger partial charge on any atom is -0.494 e. The Morgan fingerprint density at radius 2 is 2.03 bits per heavy atom. The molecule has 0 amide bonds. The van der Waals surface area contributed by atoms with Gasteiger partial charge >= 0.3 is 5.97 Å². The Kier molecular flexibility index (Phi) is 6.20. The van der Waals surface area contributed by atoms with Crippen molar-refractivity contribution in [3.05, 3.63) is 83.2 Å². The van der Waals surface area contributed by atoms with Crippen LogP contribution in [0, 0.1) is 0 Å². The van der Waals surface area contributed by atoms with E-state index in [1.165, 1.54) is 18.4 Å². The number of benzene rings is 1. The molecular weight excluding hydrogens is 432 g/mol. The van der Waals surface area contributed by atoms with Crippen molar-refractivity contribution in [1.29, 1.82) is 0 Å². The number of nitrogens with zero attached hydrogens (tertiary/aromatic N) is 2. The summed E-state index contributed by atoms with van der Waals surface area (Å²) < 4.78 is 12.9. The molecule has 0 aliphatic carbocycles. The Morgan fingerprint density at radius 1 is 1.26 bits per heavy atom. The van der Waals surface area contributed by atoms with Crippen molar-refractivity contribution in [2.24, 2.45) is 4.99 Å². The molecule has 2 aromatic heterocycles. The normalized spacial score (nSPS) is 16.1. The summed E-state index contributed by atoms with van der Waals surface area (Å²) in [4.78, 5) is 32.2. The highest BCUT2D eigenvalue weighted by atomic mass is 32.1. The summed E-state index contributed by atoms with van der Waals surface area (Å²) in [6.07, 6.45) is 2.78. The number of esters is 1. The van der Waals surface area contributed by atoms with Crippen LogP contribution in [0.25, 0.3) is 6.08 Å². The average Bonchev–Trinajstić information content (AvgIpc) is 3.39. The van der Waals surface area contributed by atoms with Gasteiger partial charge in [0.05, 0.1) is 35.6 Å². The van der Waals surface area contributed by atoms with Gasteiger partial charge in [-0.05, 0) is 48.6 Å². The molecule has 1 aliphatic rings. The zero-order valence-electron chi connectivity index (χ0n) is 17.5. The second-order valence-corrected chi connectivity index (χ2v) is 8.99. The van der Waals surface area contributed by atoms with E-state index in [4.69, 9.17) is 9.47 Å². The van der Waals surface area contributed by atoms with Crippen molar-refractivity contribution in [2.75, 3.05) is 13.7 Å². The van der Waals surface area contributed by atoms with Gasteiger partial charge in [-0.2, -0.15) is 0 Å². The number of rotatable bonds is 6. The summed E-state index contributed by atoms with van der Waals surface area (Å²) in [7, 11) is 1.34. The summed E-state index contributed by atoms with van der Waals surface area (Å²) in [6.45, 7) is 4.45. The average molecular weight is 455 g/mol. The van der Waals surface area contributed by atoms with Gasteiger partial charge in [0.1, 0.15) is 5.75 Å². The monoisotopic (exact) mass is 454 g/mol. The maximum Gasteiger partial charge on any atom is 0.338 e. The first kappa shape index (κ1) is 21.3. The predicted octanol–water partition coefficient (Wildman–Crippen LogP) is 3.26. The highest BCUT2D eigenvalue weighted by Crippen LogP contribution is 2.31. The van der Waals surface area contributed by atoms with E-state index in [0.717, 1.165) is 22.6 Å². The molecule has 0 radical (unpaired) electrons. The quantitative estimate of drug-likeness (QED) is 0.536. The Hall–Kier alpha value is -2.97. The number of hydrogen-bond donors (Lipinski definition) is 0. The van der Waals surface area contributed by atoms with E-state index in [9.17, 15) is 9.59 Å². The molecular formula is C23H22N2O4S2. The van der Waals surface area contributed by atoms with Gasteiger partial charge in [-0.1, -0.05) is 36.5 Å². The molecule has 3 heterocycles. The molecule has 0 saturated carbocycles. The van der Waals surface area contributed by atoms with Crippen LogP contribution in [0.5, 0.6) is 5.75 Å². The van der Waals surface area contributed by atoms with E-state index >= 15 is 0 Å². The van der Waals surface area contributed by atoms with E-state index in [1.54, 1.807) is 22.8 Å². The lowest BCUT2D eigenvalue weighted by Gasteiger charge is -2.24. The molecule has 160 valence electrons. The highest BCUT2D eigenvalue weighted by molar-refractivity contribution is 7.11. The summed E-state index contributed by atoms with van der Waals surface area (Å²) in [5.74, 6) is 0.251. The van der Waals surface area contributed by atoms with Gasteiger partial charge in [0.25, 0.3) is 5.56 Å². The number of methoxy groups -OCH3 is 1. The largest absolute Gasteiger partial charge is 0.494 e. The number of fused-ring (bicyclic) bond motifs is 1. The van der Waals surface area contributed by atoms with Crippen LogP contribution in [0.15, 0.2) is 62.8 Å². The number of aromatic nitrogens is 1. The fourth-order valence-electron chi connectivity index (χ4n) is 3.48. The van der Waals surface area contributed by atoms with Gasteiger partial charge in [0, 0.05) is 4.88 Å². The molecule has 0 saturated heterocycles. The lowest BCUT2D eigenvalue weighted by atomic mass is 9.96. The van der Waals surface area contributed by atoms with Crippen molar-refractivity contribution >= 4 is 34.7 Å². The van der Waals surface area contributed by atoms with Crippen LogP contribution in [-0.4, -0.2) is 24.3 Å². The molecule has 1 aromatic carbocycles. The van der Waals surface area contributed by atoms with Crippen molar-refractivity contribution in [2.45, 2.75) is 26.3 Å². The molecule has 1 aliphatic heterocycles. The first-order chi connectivity index (χ1) is 15.0. The van der Waals surface area contributed by atoms with Crippen LogP contribution in [0.1, 0.15) is 36.8 Å². The van der Waals surface area contributed by atoms with Gasteiger partial charge in [0.2, 0.25) is 0 Å². The molecule has 6 nitrogen and oxygen atoms in total. The van der Waals surface area contributed by atoms with Crippen molar-refractivity contribution < 1.29 is 14.3 Å². The molecule has 3 aromatic rings. The molecule has 1 unspecified atom stereocenters. The van der Waals surface area contributed by atoms with E-state index in [2.05, 4.69) is 4.99 Å². The molecule has 4 rings (SSSR count). The third-order valence-electron chi connectivity index (χ3n) is 4.91. The SMILES string of the molecule is CCCOc1ccc(C2C(C(=O)OC)=C(C)N=c3sc(=Cc4cccs4)c(=O)n32)cc1. The summed E-state index contributed by atoms with van der Waals surface area (Å²) >= 11 is 2.88. The lowest BCUT2D eigenvalue weighted by Crippen LogP contribution is -2.39. The minimum absolute atomic E-state index is 0.178. The topological polar surface area (TPSA) is 69.9 Å². The van der Waals surface area contributed by atoms with E-state index in [0.29, 0.717) is 27.2 Å². The molecule has 0 spiro atoms. The molecule has 0 bridgehead atoms. The number of allylic oxidation sites excluding steroid dienone is 1. The molecule has 0 fully saturated rings.